The van der Waals surface area contributed by atoms with Crippen LogP contribution in [0.15, 0.2) is 47.6 Å². The fraction of sp³-hybridized carbons (Fsp3) is 0.429. The van der Waals surface area contributed by atoms with Gasteiger partial charge in [-0.25, -0.2) is 14.4 Å². The van der Waals surface area contributed by atoms with Crippen molar-refractivity contribution in [2.24, 2.45) is 4.99 Å². The van der Waals surface area contributed by atoms with E-state index in [4.69, 9.17) is 0 Å². The molecule has 1 aliphatic rings. The van der Waals surface area contributed by atoms with Gasteiger partial charge in [-0.2, -0.15) is 0 Å². The maximum absolute atomic E-state index is 13.0. The SMILES string of the molecule is CCNC(=NCc1ccnc(N2CCCC2)c1)NCCc1ccc(F)cc1.I. The van der Waals surface area contributed by atoms with Crippen molar-refractivity contribution < 1.29 is 4.39 Å². The molecule has 3 rings (SSSR count). The van der Waals surface area contributed by atoms with Crippen molar-refractivity contribution in [2.75, 3.05) is 31.1 Å². The van der Waals surface area contributed by atoms with Crippen LogP contribution < -0.4 is 15.5 Å². The van der Waals surface area contributed by atoms with Gasteiger partial charge < -0.3 is 15.5 Å². The van der Waals surface area contributed by atoms with Crippen LogP contribution in [0.4, 0.5) is 10.2 Å². The van der Waals surface area contributed by atoms with Gasteiger partial charge in [-0.3, -0.25) is 0 Å². The van der Waals surface area contributed by atoms with E-state index in [1.165, 1.54) is 25.0 Å². The van der Waals surface area contributed by atoms with E-state index < -0.39 is 0 Å². The lowest BCUT2D eigenvalue weighted by atomic mass is 10.1. The lowest BCUT2D eigenvalue weighted by Crippen LogP contribution is -2.38. The van der Waals surface area contributed by atoms with Crippen molar-refractivity contribution in [1.82, 2.24) is 15.6 Å². The van der Waals surface area contributed by atoms with Crippen molar-refractivity contribution >= 4 is 35.8 Å². The minimum atomic E-state index is -0.202. The molecule has 1 fully saturated rings. The first-order valence-corrected chi connectivity index (χ1v) is 9.71. The van der Waals surface area contributed by atoms with Gasteiger partial charge in [0.25, 0.3) is 0 Å². The highest BCUT2D eigenvalue weighted by atomic mass is 127. The van der Waals surface area contributed by atoms with Gasteiger partial charge >= 0.3 is 0 Å². The maximum Gasteiger partial charge on any atom is 0.191 e. The molecule has 5 nitrogen and oxygen atoms in total. The number of guanidine groups is 1. The number of rotatable bonds is 7. The van der Waals surface area contributed by atoms with E-state index in [-0.39, 0.29) is 29.8 Å². The molecule has 2 aromatic rings. The third kappa shape index (κ3) is 6.92. The molecule has 0 saturated carbocycles. The summed E-state index contributed by atoms with van der Waals surface area (Å²) in [4.78, 5) is 11.5. The van der Waals surface area contributed by atoms with E-state index in [0.717, 1.165) is 55.5 Å². The Balaban J connectivity index is 0.00000280. The summed E-state index contributed by atoms with van der Waals surface area (Å²) in [5.74, 6) is 1.64. The van der Waals surface area contributed by atoms with Crippen molar-refractivity contribution in [3.63, 3.8) is 0 Å². The zero-order valence-electron chi connectivity index (χ0n) is 16.3. The molecule has 0 aliphatic carbocycles. The predicted molar refractivity (Wildman–Crippen MR) is 124 cm³/mol. The number of anilines is 1. The first-order chi connectivity index (χ1) is 13.2. The highest BCUT2D eigenvalue weighted by Gasteiger charge is 2.13. The van der Waals surface area contributed by atoms with Crippen molar-refractivity contribution in [3.05, 3.63) is 59.5 Å². The van der Waals surface area contributed by atoms with Gasteiger partial charge in [0.1, 0.15) is 11.6 Å². The molecule has 0 bridgehead atoms. The zero-order valence-corrected chi connectivity index (χ0v) is 18.7. The quantitative estimate of drug-likeness (QED) is 0.348. The molecule has 1 aromatic carbocycles. The Morgan fingerprint density at radius 3 is 2.57 bits per heavy atom. The Bertz CT molecular complexity index is 745. The van der Waals surface area contributed by atoms with E-state index in [1.54, 1.807) is 0 Å². The number of aliphatic imine (C=N–C) groups is 1. The summed E-state index contributed by atoms with van der Waals surface area (Å²) in [6.07, 6.45) is 5.17. The molecule has 28 heavy (non-hydrogen) atoms. The van der Waals surface area contributed by atoms with Gasteiger partial charge in [-0.1, -0.05) is 12.1 Å². The Kier molecular flexibility index (Phi) is 9.46. The summed E-state index contributed by atoms with van der Waals surface area (Å²) in [6, 6.07) is 10.8. The Morgan fingerprint density at radius 2 is 1.86 bits per heavy atom. The topological polar surface area (TPSA) is 52.6 Å². The number of aromatic nitrogens is 1. The van der Waals surface area contributed by atoms with Crippen LogP contribution in [0.2, 0.25) is 0 Å². The maximum atomic E-state index is 13.0. The van der Waals surface area contributed by atoms with Crippen LogP contribution in [0.25, 0.3) is 0 Å². The standard InChI is InChI=1S/C21H28FN5.HI/c1-2-23-21(25-12-9-17-5-7-19(22)8-6-17)26-16-18-10-11-24-20(15-18)27-13-3-4-14-27;/h5-8,10-11,15H,2-4,9,12-14,16H2,1H3,(H2,23,25,26);1H. The second-order valence-corrected chi connectivity index (χ2v) is 6.71. The lowest BCUT2D eigenvalue weighted by Gasteiger charge is -2.16. The molecule has 0 spiro atoms. The van der Waals surface area contributed by atoms with Gasteiger partial charge in [0.15, 0.2) is 5.96 Å². The van der Waals surface area contributed by atoms with Gasteiger partial charge in [0.05, 0.1) is 6.54 Å². The molecule has 7 heteroatoms. The summed E-state index contributed by atoms with van der Waals surface area (Å²) in [5, 5.41) is 6.61. The molecular weight excluding hydrogens is 468 g/mol. The van der Waals surface area contributed by atoms with Crippen LogP contribution in [-0.4, -0.2) is 37.1 Å². The number of hydrogen-bond donors (Lipinski definition) is 2. The molecule has 1 aliphatic heterocycles. The van der Waals surface area contributed by atoms with Crippen molar-refractivity contribution in [2.45, 2.75) is 32.7 Å². The van der Waals surface area contributed by atoms with Gasteiger partial charge in [0.2, 0.25) is 0 Å². The number of nitrogens with one attached hydrogen (secondary N) is 2. The zero-order chi connectivity index (χ0) is 18.9. The third-order valence-electron chi connectivity index (χ3n) is 4.62. The highest BCUT2D eigenvalue weighted by molar-refractivity contribution is 14.0. The number of hydrogen-bond acceptors (Lipinski definition) is 3. The first-order valence-electron chi connectivity index (χ1n) is 9.71. The van der Waals surface area contributed by atoms with Gasteiger partial charge in [0, 0.05) is 32.4 Å². The molecule has 1 aromatic heterocycles. The monoisotopic (exact) mass is 497 g/mol. The summed E-state index contributed by atoms with van der Waals surface area (Å²) in [7, 11) is 0. The average Bonchev–Trinajstić information content (AvgIpc) is 3.23. The van der Waals surface area contributed by atoms with Gasteiger partial charge in [-0.05, 0) is 61.6 Å². The molecular formula is C21H29FIN5. The second-order valence-electron chi connectivity index (χ2n) is 6.71. The second kappa shape index (κ2) is 11.8. The smallest absolute Gasteiger partial charge is 0.191 e. The van der Waals surface area contributed by atoms with E-state index in [1.807, 2.05) is 24.4 Å². The van der Waals surface area contributed by atoms with E-state index in [9.17, 15) is 4.39 Å². The van der Waals surface area contributed by atoms with Gasteiger partial charge in [-0.15, -0.1) is 24.0 Å². The summed E-state index contributed by atoms with van der Waals surface area (Å²) < 4.78 is 13.0. The fourth-order valence-electron chi connectivity index (χ4n) is 3.17. The van der Waals surface area contributed by atoms with E-state index in [2.05, 4.69) is 38.5 Å². The molecule has 0 amide bonds. The summed E-state index contributed by atoms with van der Waals surface area (Å²) in [6.45, 7) is 6.38. The molecule has 1 saturated heterocycles. The molecule has 2 heterocycles. The minimum absolute atomic E-state index is 0. The van der Waals surface area contributed by atoms with Crippen molar-refractivity contribution in [1.29, 1.82) is 0 Å². The third-order valence-corrected chi connectivity index (χ3v) is 4.62. The molecule has 152 valence electrons. The molecule has 0 radical (unpaired) electrons. The fourth-order valence-corrected chi connectivity index (χ4v) is 3.17. The summed E-state index contributed by atoms with van der Waals surface area (Å²) >= 11 is 0. The van der Waals surface area contributed by atoms with Crippen LogP contribution in [0.1, 0.15) is 30.9 Å². The minimum Gasteiger partial charge on any atom is -0.357 e. The number of benzene rings is 1. The van der Waals surface area contributed by atoms with Crippen LogP contribution in [-0.2, 0) is 13.0 Å². The Hall–Kier alpha value is -1.90. The number of pyridine rings is 1. The van der Waals surface area contributed by atoms with Crippen LogP contribution >= 0.6 is 24.0 Å². The molecule has 0 unspecified atom stereocenters. The van der Waals surface area contributed by atoms with Crippen LogP contribution in [0, 0.1) is 5.82 Å². The predicted octanol–water partition coefficient (Wildman–Crippen LogP) is 3.74. The Morgan fingerprint density at radius 1 is 1.11 bits per heavy atom. The van der Waals surface area contributed by atoms with E-state index >= 15 is 0 Å². The number of nitrogens with zero attached hydrogens (tertiary/aromatic N) is 3. The van der Waals surface area contributed by atoms with Crippen LogP contribution in [0.3, 0.4) is 0 Å². The average molecular weight is 497 g/mol. The largest absolute Gasteiger partial charge is 0.357 e. The normalized spacial score (nSPS) is 13.9. The van der Waals surface area contributed by atoms with Crippen LogP contribution in [0.5, 0.6) is 0 Å². The lowest BCUT2D eigenvalue weighted by molar-refractivity contribution is 0.626. The number of halogens is 2. The highest BCUT2D eigenvalue weighted by Crippen LogP contribution is 2.18. The molecule has 0 atom stereocenters. The van der Waals surface area contributed by atoms with E-state index in [0.29, 0.717) is 6.54 Å². The molecule has 2 N–H and O–H groups in total. The summed E-state index contributed by atoms with van der Waals surface area (Å²) in [5.41, 5.74) is 2.26. The van der Waals surface area contributed by atoms with Crippen molar-refractivity contribution in [3.8, 4) is 0 Å². The first kappa shape index (κ1) is 22.4. The Labute approximate surface area is 183 Å².